The Morgan fingerprint density at radius 2 is 2.00 bits per heavy atom. The molecule has 0 amide bonds. The van der Waals surface area contributed by atoms with Crippen LogP contribution in [-0.4, -0.2) is 11.9 Å². The average Bonchev–Trinajstić information content (AvgIpc) is 2.19. The molecule has 1 aromatic rings. The lowest BCUT2D eigenvalue weighted by molar-refractivity contribution is 0.100. The predicted molar refractivity (Wildman–Crippen MR) is 65.9 cm³/mol. The van der Waals surface area contributed by atoms with E-state index < -0.39 is 5.82 Å². The molecule has 0 aliphatic rings. The Morgan fingerprint density at radius 1 is 1.35 bits per heavy atom. The SMILES string of the molecule is CC(=O)c1cccc(F)c1OC(C)CC(C)C. The van der Waals surface area contributed by atoms with Crippen LogP contribution in [0, 0.1) is 11.7 Å². The van der Waals surface area contributed by atoms with Crippen LogP contribution in [0.25, 0.3) is 0 Å². The molecular weight excluding hydrogens is 219 g/mol. The fourth-order valence-electron chi connectivity index (χ4n) is 1.82. The topological polar surface area (TPSA) is 26.3 Å². The summed E-state index contributed by atoms with van der Waals surface area (Å²) in [7, 11) is 0. The van der Waals surface area contributed by atoms with E-state index in [1.54, 1.807) is 6.07 Å². The van der Waals surface area contributed by atoms with Crippen molar-refractivity contribution in [2.75, 3.05) is 0 Å². The molecule has 0 saturated carbocycles. The number of benzene rings is 1. The zero-order chi connectivity index (χ0) is 13.0. The second kappa shape index (κ2) is 5.80. The number of carbonyl (C=O) groups is 1. The van der Waals surface area contributed by atoms with Crippen molar-refractivity contribution in [2.45, 2.75) is 40.2 Å². The van der Waals surface area contributed by atoms with Crippen LogP contribution in [0.3, 0.4) is 0 Å². The quantitative estimate of drug-likeness (QED) is 0.728. The van der Waals surface area contributed by atoms with Crippen LogP contribution in [0.1, 0.15) is 44.5 Å². The molecule has 0 bridgehead atoms. The van der Waals surface area contributed by atoms with Gasteiger partial charge in [-0.15, -0.1) is 0 Å². The van der Waals surface area contributed by atoms with Crippen molar-refractivity contribution in [2.24, 2.45) is 5.92 Å². The van der Waals surface area contributed by atoms with E-state index >= 15 is 0 Å². The van der Waals surface area contributed by atoms with Gasteiger partial charge in [0.1, 0.15) is 0 Å². The Balaban J connectivity index is 2.92. The summed E-state index contributed by atoms with van der Waals surface area (Å²) in [5.74, 6) is -0.116. The molecule has 0 aliphatic carbocycles. The fourth-order valence-corrected chi connectivity index (χ4v) is 1.82. The number of halogens is 1. The highest BCUT2D eigenvalue weighted by Gasteiger charge is 2.16. The van der Waals surface area contributed by atoms with Gasteiger partial charge < -0.3 is 4.74 Å². The normalized spacial score (nSPS) is 12.6. The second-order valence-electron chi connectivity index (χ2n) is 4.73. The zero-order valence-electron chi connectivity index (χ0n) is 10.8. The highest BCUT2D eigenvalue weighted by atomic mass is 19.1. The van der Waals surface area contributed by atoms with Crippen LogP contribution in [0.4, 0.5) is 4.39 Å². The molecule has 1 aromatic carbocycles. The van der Waals surface area contributed by atoms with Crippen molar-refractivity contribution in [1.82, 2.24) is 0 Å². The third-order valence-electron chi connectivity index (χ3n) is 2.47. The molecule has 1 unspecified atom stereocenters. The van der Waals surface area contributed by atoms with E-state index in [1.165, 1.54) is 19.1 Å². The maximum Gasteiger partial charge on any atom is 0.166 e. The first-order valence-electron chi connectivity index (χ1n) is 5.88. The smallest absolute Gasteiger partial charge is 0.166 e. The van der Waals surface area contributed by atoms with Gasteiger partial charge in [-0.05, 0) is 38.3 Å². The van der Waals surface area contributed by atoms with Gasteiger partial charge in [0.15, 0.2) is 17.3 Å². The zero-order valence-corrected chi connectivity index (χ0v) is 10.8. The molecular formula is C14H19FO2. The number of ether oxygens (including phenoxy) is 1. The first-order chi connectivity index (χ1) is 7.91. The standard InChI is InChI=1S/C14H19FO2/c1-9(2)8-10(3)17-14-12(11(4)16)6-5-7-13(14)15/h5-7,9-10H,8H2,1-4H3. The summed E-state index contributed by atoms with van der Waals surface area (Å²) in [4.78, 5) is 11.4. The third kappa shape index (κ3) is 3.84. The van der Waals surface area contributed by atoms with Crippen LogP contribution in [0.2, 0.25) is 0 Å². The summed E-state index contributed by atoms with van der Waals surface area (Å²) < 4.78 is 19.2. The largest absolute Gasteiger partial charge is 0.487 e. The molecule has 17 heavy (non-hydrogen) atoms. The van der Waals surface area contributed by atoms with Gasteiger partial charge in [-0.2, -0.15) is 0 Å². The Bertz CT molecular complexity index is 399. The maximum absolute atomic E-state index is 13.6. The first-order valence-corrected chi connectivity index (χ1v) is 5.88. The molecule has 0 saturated heterocycles. The molecule has 0 radical (unpaired) electrons. The molecule has 1 atom stereocenters. The molecule has 3 heteroatoms. The van der Waals surface area contributed by atoms with E-state index in [0.29, 0.717) is 11.5 Å². The number of hydrogen-bond acceptors (Lipinski definition) is 2. The van der Waals surface area contributed by atoms with Crippen LogP contribution >= 0.6 is 0 Å². The summed E-state index contributed by atoms with van der Waals surface area (Å²) in [6.07, 6.45) is 0.719. The van der Waals surface area contributed by atoms with E-state index in [9.17, 15) is 9.18 Å². The lowest BCUT2D eigenvalue weighted by atomic mass is 10.1. The van der Waals surface area contributed by atoms with Gasteiger partial charge in [0.25, 0.3) is 0 Å². The fraction of sp³-hybridized carbons (Fsp3) is 0.500. The Kier molecular flexibility index (Phi) is 4.67. The average molecular weight is 238 g/mol. The molecule has 0 aromatic heterocycles. The molecule has 94 valence electrons. The predicted octanol–water partition coefficient (Wildman–Crippen LogP) is 3.84. The van der Waals surface area contributed by atoms with Crippen molar-refractivity contribution in [3.63, 3.8) is 0 Å². The van der Waals surface area contributed by atoms with Gasteiger partial charge in [-0.25, -0.2) is 4.39 Å². The summed E-state index contributed by atoms with van der Waals surface area (Å²) in [5.41, 5.74) is 0.306. The highest BCUT2D eigenvalue weighted by molar-refractivity contribution is 5.96. The Hall–Kier alpha value is -1.38. The summed E-state index contributed by atoms with van der Waals surface area (Å²) >= 11 is 0. The van der Waals surface area contributed by atoms with Crippen LogP contribution < -0.4 is 4.74 Å². The van der Waals surface area contributed by atoms with E-state index in [-0.39, 0.29) is 17.6 Å². The molecule has 1 rings (SSSR count). The number of ketones is 1. The van der Waals surface area contributed by atoms with Gasteiger partial charge in [0.05, 0.1) is 11.7 Å². The summed E-state index contributed by atoms with van der Waals surface area (Å²) in [6.45, 7) is 7.45. The van der Waals surface area contributed by atoms with E-state index in [4.69, 9.17) is 4.74 Å². The van der Waals surface area contributed by atoms with Gasteiger partial charge in [0.2, 0.25) is 0 Å². The van der Waals surface area contributed by atoms with Crippen molar-refractivity contribution >= 4 is 5.78 Å². The second-order valence-corrected chi connectivity index (χ2v) is 4.73. The van der Waals surface area contributed by atoms with Crippen molar-refractivity contribution in [3.05, 3.63) is 29.6 Å². The minimum Gasteiger partial charge on any atom is -0.487 e. The van der Waals surface area contributed by atoms with Crippen molar-refractivity contribution in [1.29, 1.82) is 0 Å². The highest BCUT2D eigenvalue weighted by Crippen LogP contribution is 2.25. The van der Waals surface area contributed by atoms with E-state index in [2.05, 4.69) is 13.8 Å². The number of para-hydroxylation sites is 1. The number of rotatable bonds is 5. The van der Waals surface area contributed by atoms with E-state index in [0.717, 1.165) is 6.42 Å². The minimum absolute atomic E-state index is 0.0770. The van der Waals surface area contributed by atoms with Gasteiger partial charge in [0, 0.05) is 0 Å². The first kappa shape index (κ1) is 13.7. The van der Waals surface area contributed by atoms with Crippen molar-refractivity contribution in [3.8, 4) is 5.75 Å². The van der Waals surface area contributed by atoms with Crippen molar-refractivity contribution < 1.29 is 13.9 Å². The van der Waals surface area contributed by atoms with Crippen LogP contribution in [0.5, 0.6) is 5.75 Å². The van der Waals surface area contributed by atoms with E-state index in [1.807, 2.05) is 6.92 Å². The summed E-state index contributed by atoms with van der Waals surface area (Å²) in [5, 5.41) is 0. The summed E-state index contributed by atoms with van der Waals surface area (Å²) in [6, 6.07) is 4.42. The third-order valence-corrected chi connectivity index (χ3v) is 2.47. The molecule has 0 fully saturated rings. The number of hydrogen-bond donors (Lipinski definition) is 0. The Labute approximate surface area is 102 Å². The lowest BCUT2D eigenvalue weighted by Crippen LogP contribution is -2.17. The van der Waals surface area contributed by atoms with Crippen LogP contribution in [0.15, 0.2) is 18.2 Å². The lowest BCUT2D eigenvalue weighted by Gasteiger charge is -2.18. The minimum atomic E-state index is -0.478. The van der Waals surface area contributed by atoms with Crippen LogP contribution in [-0.2, 0) is 0 Å². The maximum atomic E-state index is 13.6. The Morgan fingerprint density at radius 3 is 2.53 bits per heavy atom. The molecule has 0 spiro atoms. The number of Topliss-reactive ketones (excluding diaryl/α,β-unsaturated/α-hetero) is 1. The molecule has 0 N–H and O–H groups in total. The van der Waals surface area contributed by atoms with Gasteiger partial charge in [-0.3, -0.25) is 4.79 Å². The monoisotopic (exact) mass is 238 g/mol. The molecule has 2 nitrogen and oxygen atoms in total. The number of carbonyl (C=O) groups excluding carboxylic acids is 1. The van der Waals surface area contributed by atoms with Gasteiger partial charge >= 0.3 is 0 Å². The van der Waals surface area contributed by atoms with Gasteiger partial charge in [-0.1, -0.05) is 19.9 Å². The molecule has 0 aliphatic heterocycles. The molecule has 0 heterocycles.